The molecule has 0 radical (unpaired) electrons. The highest BCUT2D eigenvalue weighted by molar-refractivity contribution is 5.48. The van der Waals surface area contributed by atoms with E-state index in [2.05, 4.69) is 5.32 Å². The normalized spacial score (nSPS) is 20.1. The van der Waals surface area contributed by atoms with Crippen LogP contribution in [-0.2, 0) is 0 Å². The van der Waals surface area contributed by atoms with Gasteiger partial charge in [0.2, 0.25) is 5.82 Å². The van der Waals surface area contributed by atoms with Gasteiger partial charge in [-0.25, -0.2) is 0 Å². The molecule has 1 fully saturated rings. The monoisotopic (exact) mass is 225 g/mol. The van der Waals surface area contributed by atoms with Crippen LogP contribution in [-0.4, -0.2) is 18.8 Å². The third-order valence-corrected chi connectivity index (χ3v) is 3.05. The Morgan fingerprint density at radius 3 is 2.88 bits per heavy atom. The van der Waals surface area contributed by atoms with Crippen LogP contribution in [0.15, 0.2) is 6.07 Å². The van der Waals surface area contributed by atoms with Gasteiger partial charge in [0.05, 0.1) is 7.11 Å². The van der Waals surface area contributed by atoms with Gasteiger partial charge in [0.15, 0.2) is 11.5 Å². The first-order valence-corrected chi connectivity index (χ1v) is 5.44. The van der Waals surface area contributed by atoms with Gasteiger partial charge in [-0.2, -0.15) is 4.39 Å². The fourth-order valence-electron chi connectivity index (χ4n) is 2.19. The minimum absolute atomic E-state index is 0.128. The van der Waals surface area contributed by atoms with Crippen molar-refractivity contribution in [3.05, 3.63) is 23.0 Å². The van der Waals surface area contributed by atoms with Crippen molar-refractivity contribution in [1.29, 1.82) is 0 Å². The number of ether oxygens (including phenoxy) is 1. The van der Waals surface area contributed by atoms with Gasteiger partial charge < -0.3 is 15.2 Å². The Bertz CT molecular complexity index is 400. The van der Waals surface area contributed by atoms with Gasteiger partial charge in [-0.05, 0) is 37.9 Å². The number of aryl methyl sites for hydroxylation is 1. The smallest absolute Gasteiger partial charge is 0.207 e. The number of rotatable bonds is 2. The maximum absolute atomic E-state index is 13.8. The molecule has 0 bridgehead atoms. The zero-order chi connectivity index (χ0) is 11.7. The Kier molecular flexibility index (Phi) is 3.01. The van der Waals surface area contributed by atoms with Crippen LogP contribution in [0.1, 0.15) is 30.0 Å². The summed E-state index contributed by atoms with van der Waals surface area (Å²) in [6, 6.07) is 1.92. The molecule has 1 heterocycles. The summed E-state index contributed by atoms with van der Waals surface area (Å²) in [5.74, 6) is -0.827. The van der Waals surface area contributed by atoms with E-state index in [1.165, 1.54) is 7.11 Å². The molecule has 1 atom stereocenters. The Labute approximate surface area is 94.2 Å². The largest absolute Gasteiger partial charge is 0.505 e. The first-order chi connectivity index (χ1) is 7.65. The second-order valence-electron chi connectivity index (χ2n) is 4.13. The Hall–Kier alpha value is -1.29. The highest BCUT2D eigenvalue weighted by atomic mass is 19.1. The quantitative estimate of drug-likeness (QED) is 0.811. The van der Waals surface area contributed by atoms with E-state index < -0.39 is 5.82 Å². The van der Waals surface area contributed by atoms with E-state index in [1.807, 2.05) is 0 Å². The second-order valence-corrected chi connectivity index (χ2v) is 4.13. The molecule has 2 rings (SSSR count). The molecule has 1 aromatic carbocycles. The Balaban J connectivity index is 2.50. The van der Waals surface area contributed by atoms with Crippen LogP contribution in [0.3, 0.4) is 0 Å². The highest BCUT2D eigenvalue weighted by Crippen LogP contribution is 2.38. The van der Waals surface area contributed by atoms with E-state index in [9.17, 15) is 9.50 Å². The molecule has 0 aliphatic carbocycles. The summed E-state index contributed by atoms with van der Waals surface area (Å²) in [5, 5.41) is 12.8. The topological polar surface area (TPSA) is 41.5 Å². The fraction of sp³-hybridized carbons (Fsp3) is 0.500. The van der Waals surface area contributed by atoms with Crippen molar-refractivity contribution < 1.29 is 14.2 Å². The molecule has 16 heavy (non-hydrogen) atoms. The number of phenols is 1. The molecule has 1 aliphatic rings. The SMILES string of the molecule is COc1c(C2CCCN2)cc(C)c(O)c1F. The molecular formula is C12H16FNO2. The molecular weight excluding hydrogens is 209 g/mol. The first-order valence-electron chi connectivity index (χ1n) is 5.44. The molecule has 1 unspecified atom stereocenters. The van der Waals surface area contributed by atoms with Crippen molar-refractivity contribution in [2.24, 2.45) is 0 Å². The van der Waals surface area contributed by atoms with Gasteiger partial charge >= 0.3 is 0 Å². The van der Waals surface area contributed by atoms with Crippen molar-refractivity contribution in [2.75, 3.05) is 13.7 Å². The zero-order valence-corrected chi connectivity index (χ0v) is 9.51. The van der Waals surface area contributed by atoms with E-state index in [4.69, 9.17) is 4.74 Å². The standard InChI is InChI=1S/C12H16FNO2/c1-7-6-8(9-4-3-5-14-9)12(16-2)10(13)11(7)15/h6,9,14-15H,3-5H2,1-2H3. The van der Waals surface area contributed by atoms with Gasteiger partial charge in [0, 0.05) is 11.6 Å². The van der Waals surface area contributed by atoms with Crippen LogP contribution in [0.25, 0.3) is 0 Å². The predicted octanol–water partition coefficient (Wildman–Crippen LogP) is 2.27. The highest BCUT2D eigenvalue weighted by Gasteiger charge is 2.24. The summed E-state index contributed by atoms with van der Waals surface area (Å²) in [6.07, 6.45) is 2.05. The maximum atomic E-state index is 13.8. The van der Waals surface area contributed by atoms with E-state index >= 15 is 0 Å². The molecule has 1 aromatic rings. The number of phenolic OH excluding ortho intramolecular Hbond substituents is 1. The van der Waals surface area contributed by atoms with Gasteiger partial charge in [-0.15, -0.1) is 0 Å². The van der Waals surface area contributed by atoms with Crippen molar-refractivity contribution in [3.8, 4) is 11.5 Å². The average molecular weight is 225 g/mol. The van der Waals surface area contributed by atoms with E-state index in [-0.39, 0.29) is 17.5 Å². The lowest BCUT2D eigenvalue weighted by atomic mass is 10.0. The summed E-state index contributed by atoms with van der Waals surface area (Å²) in [5.41, 5.74) is 1.34. The van der Waals surface area contributed by atoms with Crippen LogP contribution in [0.4, 0.5) is 4.39 Å². The van der Waals surface area contributed by atoms with Crippen molar-refractivity contribution in [1.82, 2.24) is 5.32 Å². The van der Waals surface area contributed by atoms with Crippen LogP contribution in [0, 0.1) is 12.7 Å². The first kappa shape index (κ1) is 11.2. The van der Waals surface area contributed by atoms with Crippen LogP contribution in [0.5, 0.6) is 11.5 Å². The lowest BCUT2D eigenvalue weighted by molar-refractivity contribution is 0.354. The van der Waals surface area contributed by atoms with Crippen LogP contribution in [0.2, 0.25) is 0 Å². The van der Waals surface area contributed by atoms with Gasteiger partial charge in [0.1, 0.15) is 0 Å². The van der Waals surface area contributed by atoms with Gasteiger partial charge in [0.25, 0.3) is 0 Å². The summed E-state index contributed by atoms with van der Waals surface area (Å²) < 4.78 is 18.8. The third-order valence-electron chi connectivity index (χ3n) is 3.05. The molecule has 0 saturated carbocycles. The molecule has 4 heteroatoms. The van der Waals surface area contributed by atoms with Crippen LogP contribution < -0.4 is 10.1 Å². The average Bonchev–Trinajstić information content (AvgIpc) is 2.79. The molecule has 3 nitrogen and oxygen atoms in total. The maximum Gasteiger partial charge on any atom is 0.207 e. The summed E-state index contributed by atoms with van der Waals surface area (Å²) in [7, 11) is 1.42. The third kappa shape index (κ3) is 1.73. The van der Waals surface area contributed by atoms with Crippen LogP contribution >= 0.6 is 0 Å². The number of halogens is 1. The van der Waals surface area contributed by atoms with Gasteiger partial charge in [-0.1, -0.05) is 0 Å². The number of benzene rings is 1. The Morgan fingerprint density at radius 2 is 2.31 bits per heavy atom. The van der Waals surface area contributed by atoms with Crippen molar-refractivity contribution >= 4 is 0 Å². The van der Waals surface area contributed by atoms with Crippen molar-refractivity contribution in [3.63, 3.8) is 0 Å². The minimum Gasteiger partial charge on any atom is -0.505 e. The predicted molar refractivity (Wildman–Crippen MR) is 59.3 cm³/mol. The Morgan fingerprint density at radius 1 is 1.56 bits per heavy atom. The van der Waals surface area contributed by atoms with E-state index in [1.54, 1.807) is 13.0 Å². The molecule has 1 saturated heterocycles. The number of methoxy groups -OCH3 is 1. The second kappa shape index (κ2) is 4.29. The van der Waals surface area contributed by atoms with E-state index in [0.717, 1.165) is 24.9 Å². The number of hydrogen-bond acceptors (Lipinski definition) is 3. The molecule has 2 N–H and O–H groups in total. The molecule has 0 spiro atoms. The van der Waals surface area contributed by atoms with Crippen molar-refractivity contribution in [2.45, 2.75) is 25.8 Å². The fourth-order valence-corrected chi connectivity index (χ4v) is 2.19. The summed E-state index contributed by atoms with van der Waals surface area (Å²) in [4.78, 5) is 0. The summed E-state index contributed by atoms with van der Waals surface area (Å²) in [6.45, 7) is 2.63. The number of aromatic hydroxyl groups is 1. The van der Waals surface area contributed by atoms with E-state index in [0.29, 0.717) is 5.56 Å². The molecule has 0 aromatic heterocycles. The zero-order valence-electron chi connectivity index (χ0n) is 9.51. The number of hydrogen-bond donors (Lipinski definition) is 2. The molecule has 88 valence electrons. The lowest BCUT2D eigenvalue weighted by Crippen LogP contribution is -2.14. The number of nitrogens with one attached hydrogen (secondary N) is 1. The molecule has 1 aliphatic heterocycles. The molecule has 0 amide bonds. The minimum atomic E-state index is -0.661. The summed E-state index contributed by atoms with van der Waals surface area (Å²) >= 11 is 0. The lowest BCUT2D eigenvalue weighted by Gasteiger charge is -2.17. The van der Waals surface area contributed by atoms with Gasteiger partial charge in [-0.3, -0.25) is 0 Å².